The third-order valence-electron chi connectivity index (χ3n) is 4.15. The number of ether oxygens (including phenoxy) is 2. The molecule has 0 spiro atoms. The minimum atomic E-state index is -0.470. The predicted octanol–water partition coefficient (Wildman–Crippen LogP) is 4.62. The van der Waals surface area contributed by atoms with Gasteiger partial charge in [0, 0.05) is 5.56 Å². The first-order chi connectivity index (χ1) is 14.1. The molecule has 2 aromatic carbocycles. The summed E-state index contributed by atoms with van der Waals surface area (Å²) in [7, 11) is 0. The maximum Gasteiger partial charge on any atom is 0.276 e. The van der Waals surface area contributed by atoms with E-state index in [0.29, 0.717) is 29.6 Å². The van der Waals surface area contributed by atoms with Crippen molar-refractivity contribution in [3.8, 4) is 11.5 Å². The Morgan fingerprint density at radius 3 is 2.40 bits per heavy atom. The van der Waals surface area contributed by atoms with Crippen molar-refractivity contribution in [3.05, 3.63) is 58.1 Å². The molecule has 0 unspecified atom stereocenters. The number of nitrogens with one attached hydrogen (secondary N) is 2. The minimum absolute atomic E-state index is 0.0137. The number of halogens is 1. The zero-order valence-electron chi connectivity index (χ0n) is 18.0. The highest BCUT2D eigenvalue weighted by molar-refractivity contribution is 9.10. The number of hydrogen-bond donors (Lipinski definition) is 2. The van der Waals surface area contributed by atoms with Gasteiger partial charge in [0.1, 0.15) is 11.5 Å². The molecule has 0 atom stereocenters. The second-order valence-corrected chi connectivity index (χ2v) is 9.27. The van der Waals surface area contributed by atoms with Gasteiger partial charge in [-0.25, -0.2) is 0 Å². The molecule has 0 fully saturated rings. The number of carbonyl (C=O) groups is 2. The Kier molecular flexibility index (Phi) is 8.29. The van der Waals surface area contributed by atoms with E-state index in [4.69, 9.17) is 9.47 Å². The molecule has 0 bridgehead atoms. The lowest BCUT2D eigenvalue weighted by molar-refractivity contribution is -0.123. The molecule has 0 aromatic heterocycles. The van der Waals surface area contributed by atoms with Gasteiger partial charge in [-0.1, -0.05) is 46.8 Å². The van der Waals surface area contributed by atoms with Gasteiger partial charge in [0.05, 0.1) is 11.1 Å². The second kappa shape index (κ2) is 10.5. The van der Waals surface area contributed by atoms with E-state index in [1.165, 1.54) is 0 Å². The Hall–Kier alpha value is -2.54. The Morgan fingerprint density at radius 1 is 1.03 bits per heavy atom. The zero-order valence-corrected chi connectivity index (χ0v) is 19.6. The molecule has 0 radical (unpaired) electrons. The topological polar surface area (TPSA) is 76.7 Å². The van der Waals surface area contributed by atoms with Crippen molar-refractivity contribution in [1.29, 1.82) is 0 Å². The number of hydrazine groups is 1. The van der Waals surface area contributed by atoms with Crippen molar-refractivity contribution in [2.24, 2.45) is 5.92 Å². The predicted molar refractivity (Wildman–Crippen MR) is 121 cm³/mol. The number of amides is 2. The van der Waals surface area contributed by atoms with Crippen molar-refractivity contribution in [1.82, 2.24) is 10.9 Å². The molecule has 162 valence electrons. The van der Waals surface area contributed by atoms with Gasteiger partial charge in [0.2, 0.25) is 0 Å². The molecular weight excluding hydrogens is 448 g/mol. The molecule has 30 heavy (non-hydrogen) atoms. The number of rotatable bonds is 7. The average Bonchev–Trinajstić information content (AvgIpc) is 2.69. The van der Waals surface area contributed by atoms with Crippen LogP contribution in [0.4, 0.5) is 0 Å². The largest absolute Gasteiger partial charge is 0.493 e. The van der Waals surface area contributed by atoms with Crippen LogP contribution in [0.5, 0.6) is 11.5 Å². The van der Waals surface area contributed by atoms with Crippen LogP contribution in [-0.2, 0) is 10.2 Å². The van der Waals surface area contributed by atoms with Crippen LogP contribution in [0.25, 0.3) is 0 Å². The highest BCUT2D eigenvalue weighted by atomic mass is 79.9. The summed E-state index contributed by atoms with van der Waals surface area (Å²) >= 11 is 3.47. The van der Waals surface area contributed by atoms with Gasteiger partial charge < -0.3 is 9.47 Å². The third-order valence-corrected chi connectivity index (χ3v) is 4.77. The summed E-state index contributed by atoms with van der Waals surface area (Å²) in [6, 6.07) is 12.6. The molecule has 7 heteroatoms. The normalized spacial score (nSPS) is 11.2. The first-order valence-corrected chi connectivity index (χ1v) is 10.6. The number of carbonyl (C=O) groups excluding carboxylic acids is 2. The highest BCUT2D eigenvalue weighted by Crippen LogP contribution is 2.31. The van der Waals surface area contributed by atoms with Gasteiger partial charge in [0.15, 0.2) is 6.61 Å². The Morgan fingerprint density at radius 2 is 1.77 bits per heavy atom. The van der Waals surface area contributed by atoms with E-state index >= 15 is 0 Å². The van der Waals surface area contributed by atoms with Crippen LogP contribution >= 0.6 is 15.9 Å². The molecule has 0 aliphatic carbocycles. The van der Waals surface area contributed by atoms with E-state index in [2.05, 4.69) is 47.6 Å². The van der Waals surface area contributed by atoms with Crippen LogP contribution in [0.2, 0.25) is 0 Å². The van der Waals surface area contributed by atoms with E-state index in [1.54, 1.807) is 24.3 Å². The fourth-order valence-electron chi connectivity index (χ4n) is 2.45. The van der Waals surface area contributed by atoms with E-state index in [0.717, 1.165) is 10.0 Å². The summed E-state index contributed by atoms with van der Waals surface area (Å²) in [5.74, 6) is 0.636. The third kappa shape index (κ3) is 7.37. The summed E-state index contributed by atoms with van der Waals surface area (Å²) in [6.45, 7) is 10.8. The van der Waals surface area contributed by atoms with Crippen LogP contribution in [0, 0.1) is 5.92 Å². The summed E-state index contributed by atoms with van der Waals surface area (Å²) in [5, 5.41) is 0. The van der Waals surface area contributed by atoms with Gasteiger partial charge in [-0.2, -0.15) is 0 Å². The molecule has 0 heterocycles. The fraction of sp³-hybridized carbons (Fsp3) is 0.391. The standard InChI is InChI=1S/C23H29BrN2O4/c1-15(2)13-29-18-8-6-7-16(11-18)22(28)26-25-21(27)14-30-20-10-9-17(12-19(20)24)23(3,4)5/h6-12,15H,13-14H2,1-5H3,(H,25,27)(H,26,28). The van der Waals surface area contributed by atoms with E-state index in [1.807, 2.05) is 32.0 Å². The lowest BCUT2D eigenvalue weighted by Gasteiger charge is -2.20. The van der Waals surface area contributed by atoms with Crippen LogP contribution in [0.1, 0.15) is 50.5 Å². The SMILES string of the molecule is CC(C)COc1cccc(C(=O)NNC(=O)COc2ccc(C(C)(C)C)cc2Br)c1. The van der Waals surface area contributed by atoms with Crippen LogP contribution < -0.4 is 20.3 Å². The lowest BCUT2D eigenvalue weighted by Crippen LogP contribution is -2.43. The van der Waals surface area contributed by atoms with Crippen molar-refractivity contribution < 1.29 is 19.1 Å². The summed E-state index contributed by atoms with van der Waals surface area (Å²) in [5.41, 5.74) is 6.29. The number of hydrogen-bond acceptors (Lipinski definition) is 4. The van der Waals surface area contributed by atoms with Gasteiger partial charge in [-0.05, 0) is 63.2 Å². The van der Waals surface area contributed by atoms with Crippen molar-refractivity contribution in [2.45, 2.75) is 40.0 Å². The average molecular weight is 477 g/mol. The van der Waals surface area contributed by atoms with E-state index < -0.39 is 11.8 Å². The molecule has 2 aromatic rings. The van der Waals surface area contributed by atoms with Crippen molar-refractivity contribution in [2.75, 3.05) is 13.2 Å². The maximum absolute atomic E-state index is 12.3. The number of benzene rings is 2. The molecule has 2 rings (SSSR count). The molecule has 0 saturated heterocycles. The first-order valence-electron chi connectivity index (χ1n) is 9.81. The molecular formula is C23H29BrN2O4. The molecule has 6 nitrogen and oxygen atoms in total. The monoisotopic (exact) mass is 476 g/mol. The van der Waals surface area contributed by atoms with E-state index in [-0.39, 0.29) is 12.0 Å². The van der Waals surface area contributed by atoms with E-state index in [9.17, 15) is 9.59 Å². The van der Waals surface area contributed by atoms with Crippen LogP contribution in [0.3, 0.4) is 0 Å². The first kappa shape index (κ1) is 23.7. The molecule has 2 N–H and O–H groups in total. The molecule has 0 aliphatic heterocycles. The zero-order chi connectivity index (χ0) is 22.3. The highest BCUT2D eigenvalue weighted by Gasteiger charge is 2.16. The van der Waals surface area contributed by atoms with Crippen molar-refractivity contribution in [3.63, 3.8) is 0 Å². The smallest absolute Gasteiger partial charge is 0.276 e. The van der Waals surface area contributed by atoms with Gasteiger partial charge in [-0.15, -0.1) is 0 Å². The van der Waals surface area contributed by atoms with Gasteiger partial charge in [-0.3, -0.25) is 20.4 Å². The maximum atomic E-state index is 12.3. The fourth-order valence-corrected chi connectivity index (χ4v) is 2.95. The Labute approximate surface area is 186 Å². The summed E-state index contributed by atoms with van der Waals surface area (Å²) in [6.07, 6.45) is 0. The van der Waals surface area contributed by atoms with Gasteiger partial charge in [0.25, 0.3) is 11.8 Å². The molecule has 0 saturated carbocycles. The van der Waals surface area contributed by atoms with Gasteiger partial charge >= 0.3 is 0 Å². The van der Waals surface area contributed by atoms with Crippen molar-refractivity contribution >= 4 is 27.7 Å². The quantitative estimate of drug-likeness (QED) is 0.571. The summed E-state index contributed by atoms with van der Waals surface area (Å²) < 4.78 is 11.9. The van der Waals surface area contributed by atoms with Crippen LogP contribution in [-0.4, -0.2) is 25.0 Å². The van der Waals surface area contributed by atoms with Crippen LogP contribution in [0.15, 0.2) is 46.9 Å². The molecule has 2 amide bonds. The second-order valence-electron chi connectivity index (χ2n) is 8.42. The molecule has 0 aliphatic rings. The Bertz CT molecular complexity index is 891. The Balaban J connectivity index is 1.85. The lowest BCUT2D eigenvalue weighted by atomic mass is 9.87. The minimum Gasteiger partial charge on any atom is -0.493 e. The summed E-state index contributed by atoms with van der Waals surface area (Å²) in [4.78, 5) is 24.3.